The summed E-state index contributed by atoms with van der Waals surface area (Å²) in [7, 11) is 0. The Morgan fingerprint density at radius 2 is 1.81 bits per heavy atom. The molecular formula is C16H15F3O2. The van der Waals surface area contributed by atoms with Crippen molar-refractivity contribution in [1.29, 1.82) is 0 Å². The van der Waals surface area contributed by atoms with Crippen molar-refractivity contribution in [2.75, 3.05) is 0 Å². The summed E-state index contributed by atoms with van der Waals surface area (Å²) in [6.45, 7) is 1.94. The van der Waals surface area contributed by atoms with Crippen molar-refractivity contribution in [3.63, 3.8) is 0 Å². The zero-order valence-electron chi connectivity index (χ0n) is 11.4. The van der Waals surface area contributed by atoms with Crippen molar-refractivity contribution >= 4 is 0 Å². The third-order valence-electron chi connectivity index (χ3n) is 2.99. The van der Waals surface area contributed by atoms with Gasteiger partial charge in [0, 0.05) is 6.42 Å². The molecule has 112 valence electrons. The van der Waals surface area contributed by atoms with Gasteiger partial charge in [-0.2, -0.15) is 0 Å². The minimum absolute atomic E-state index is 0.330. The fourth-order valence-corrected chi connectivity index (χ4v) is 2.10. The average Bonchev–Trinajstić information content (AvgIpc) is 2.37. The molecular weight excluding hydrogens is 281 g/mol. The smallest absolute Gasteiger partial charge is 0.406 e. The lowest BCUT2D eigenvalue weighted by atomic mass is 10.0. The molecule has 2 nitrogen and oxygen atoms in total. The number of rotatable bonds is 4. The lowest BCUT2D eigenvalue weighted by Crippen LogP contribution is -2.17. The molecule has 0 bridgehead atoms. The van der Waals surface area contributed by atoms with Gasteiger partial charge in [-0.05, 0) is 30.2 Å². The molecule has 5 heteroatoms. The van der Waals surface area contributed by atoms with Gasteiger partial charge in [0.2, 0.25) is 0 Å². The minimum atomic E-state index is -4.74. The minimum Gasteiger partial charge on any atom is -0.406 e. The maximum Gasteiger partial charge on any atom is 0.573 e. The first kappa shape index (κ1) is 15.4. The van der Waals surface area contributed by atoms with Crippen LogP contribution in [0.15, 0.2) is 48.5 Å². The molecule has 0 aliphatic rings. The molecule has 0 saturated carbocycles. The predicted molar refractivity (Wildman–Crippen MR) is 73.0 cm³/mol. The molecule has 0 heterocycles. The van der Waals surface area contributed by atoms with Crippen molar-refractivity contribution in [1.82, 2.24) is 0 Å². The van der Waals surface area contributed by atoms with E-state index in [0.29, 0.717) is 12.0 Å². The van der Waals surface area contributed by atoms with Crippen LogP contribution < -0.4 is 4.74 Å². The van der Waals surface area contributed by atoms with Gasteiger partial charge in [-0.15, -0.1) is 13.2 Å². The number of halogens is 3. The van der Waals surface area contributed by atoms with Gasteiger partial charge in [0.15, 0.2) is 0 Å². The molecule has 1 atom stereocenters. The summed E-state index contributed by atoms with van der Waals surface area (Å²) in [4.78, 5) is 0. The first-order valence-electron chi connectivity index (χ1n) is 6.43. The summed E-state index contributed by atoms with van der Waals surface area (Å²) in [6, 6.07) is 13.0. The highest BCUT2D eigenvalue weighted by molar-refractivity contribution is 5.31. The molecule has 0 aromatic heterocycles. The van der Waals surface area contributed by atoms with Crippen molar-refractivity contribution in [2.24, 2.45) is 0 Å². The van der Waals surface area contributed by atoms with Crippen LogP contribution in [0.1, 0.15) is 22.8 Å². The van der Waals surface area contributed by atoms with Gasteiger partial charge < -0.3 is 9.84 Å². The SMILES string of the molecule is Cc1cccc(CC(O)c2cccc(OC(F)(F)F)c2)c1. The first-order valence-corrected chi connectivity index (χ1v) is 6.43. The van der Waals surface area contributed by atoms with Crippen LogP contribution in [0.5, 0.6) is 5.75 Å². The maximum absolute atomic E-state index is 12.2. The van der Waals surface area contributed by atoms with E-state index in [1.807, 2.05) is 31.2 Å². The second-order valence-corrected chi connectivity index (χ2v) is 4.83. The van der Waals surface area contributed by atoms with Crippen LogP contribution in [-0.4, -0.2) is 11.5 Å². The number of aryl methyl sites for hydroxylation is 1. The Labute approximate surface area is 120 Å². The van der Waals surface area contributed by atoms with E-state index in [1.165, 1.54) is 18.2 Å². The molecule has 0 aliphatic carbocycles. The third kappa shape index (κ3) is 4.79. The van der Waals surface area contributed by atoms with Gasteiger partial charge in [0.25, 0.3) is 0 Å². The summed E-state index contributed by atoms with van der Waals surface area (Å²) in [5.41, 5.74) is 2.37. The Balaban J connectivity index is 2.12. The quantitative estimate of drug-likeness (QED) is 0.917. The van der Waals surface area contributed by atoms with E-state index in [9.17, 15) is 18.3 Å². The van der Waals surface area contributed by atoms with Crippen LogP contribution in [0.3, 0.4) is 0 Å². The van der Waals surface area contributed by atoms with Gasteiger partial charge in [-0.3, -0.25) is 0 Å². The van der Waals surface area contributed by atoms with Crippen molar-refractivity contribution in [3.8, 4) is 5.75 Å². The largest absolute Gasteiger partial charge is 0.573 e. The number of benzene rings is 2. The maximum atomic E-state index is 12.2. The molecule has 1 unspecified atom stereocenters. The first-order chi connectivity index (χ1) is 9.83. The molecule has 0 aliphatic heterocycles. The number of alkyl halides is 3. The van der Waals surface area contributed by atoms with Gasteiger partial charge >= 0.3 is 6.36 Å². The van der Waals surface area contributed by atoms with Crippen LogP contribution in [0.2, 0.25) is 0 Å². The summed E-state index contributed by atoms with van der Waals surface area (Å²) >= 11 is 0. The standard InChI is InChI=1S/C16H15F3O2/c1-11-4-2-5-12(8-11)9-15(20)13-6-3-7-14(10-13)21-16(17,18)19/h2-8,10,15,20H,9H2,1H3. The monoisotopic (exact) mass is 296 g/mol. The number of hydrogen-bond donors (Lipinski definition) is 1. The highest BCUT2D eigenvalue weighted by Gasteiger charge is 2.31. The van der Waals surface area contributed by atoms with Crippen molar-refractivity contribution in [2.45, 2.75) is 25.8 Å². The van der Waals surface area contributed by atoms with Crippen molar-refractivity contribution in [3.05, 3.63) is 65.2 Å². The normalized spacial score (nSPS) is 13.0. The molecule has 0 amide bonds. The van der Waals surface area contributed by atoms with Gasteiger partial charge in [-0.25, -0.2) is 0 Å². The molecule has 0 fully saturated rings. The summed E-state index contributed by atoms with van der Waals surface area (Å²) in [5, 5.41) is 10.2. The molecule has 2 rings (SSSR count). The van der Waals surface area contributed by atoms with Gasteiger partial charge in [0.1, 0.15) is 5.75 Å². The Hall–Kier alpha value is -2.01. The predicted octanol–water partition coefficient (Wildman–Crippen LogP) is 4.17. The van der Waals surface area contributed by atoms with E-state index < -0.39 is 12.5 Å². The Morgan fingerprint density at radius 1 is 1.10 bits per heavy atom. The fourth-order valence-electron chi connectivity index (χ4n) is 2.10. The fraction of sp³-hybridized carbons (Fsp3) is 0.250. The van der Waals surface area contributed by atoms with Gasteiger partial charge in [-0.1, -0.05) is 42.0 Å². The highest BCUT2D eigenvalue weighted by Crippen LogP contribution is 2.27. The van der Waals surface area contributed by atoms with Crippen LogP contribution >= 0.6 is 0 Å². The van der Waals surface area contributed by atoms with Crippen LogP contribution in [0, 0.1) is 6.92 Å². The van der Waals surface area contributed by atoms with Crippen LogP contribution in [0.25, 0.3) is 0 Å². The van der Waals surface area contributed by atoms with Crippen molar-refractivity contribution < 1.29 is 23.0 Å². The topological polar surface area (TPSA) is 29.5 Å². The number of ether oxygens (including phenoxy) is 1. The number of hydrogen-bond acceptors (Lipinski definition) is 2. The lowest BCUT2D eigenvalue weighted by Gasteiger charge is -2.14. The Bertz CT molecular complexity index is 608. The van der Waals surface area contributed by atoms with E-state index >= 15 is 0 Å². The Kier molecular flexibility index (Phi) is 4.53. The van der Waals surface area contributed by atoms with Crippen LogP contribution in [0.4, 0.5) is 13.2 Å². The average molecular weight is 296 g/mol. The zero-order chi connectivity index (χ0) is 15.5. The van der Waals surface area contributed by atoms with E-state index in [-0.39, 0.29) is 5.75 Å². The van der Waals surface area contributed by atoms with E-state index in [2.05, 4.69) is 4.74 Å². The highest BCUT2D eigenvalue weighted by atomic mass is 19.4. The van der Waals surface area contributed by atoms with Gasteiger partial charge in [0.05, 0.1) is 6.10 Å². The molecule has 0 spiro atoms. The van der Waals surface area contributed by atoms with E-state index in [0.717, 1.165) is 11.1 Å². The molecule has 1 N–H and O–H groups in total. The van der Waals surface area contributed by atoms with Crippen LogP contribution in [-0.2, 0) is 6.42 Å². The number of aliphatic hydroxyl groups excluding tert-OH is 1. The summed E-state index contributed by atoms with van der Waals surface area (Å²) in [5.74, 6) is -0.330. The second-order valence-electron chi connectivity index (χ2n) is 4.83. The van der Waals surface area contributed by atoms with E-state index in [4.69, 9.17) is 0 Å². The molecule has 2 aromatic carbocycles. The van der Waals surface area contributed by atoms with E-state index in [1.54, 1.807) is 6.07 Å². The zero-order valence-corrected chi connectivity index (χ0v) is 11.4. The summed E-state index contributed by atoms with van der Waals surface area (Å²) in [6.07, 6.45) is -5.29. The molecule has 0 saturated heterocycles. The lowest BCUT2D eigenvalue weighted by molar-refractivity contribution is -0.274. The third-order valence-corrected chi connectivity index (χ3v) is 2.99. The Morgan fingerprint density at radius 3 is 2.48 bits per heavy atom. The molecule has 21 heavy (non-hydrogen) atoms. The second kappa shape index (κ2) is 6.18. The molecule has 2 aromatic rings. The molecule has 0 radical (unpaired) electrons. The summed E-state index contributed by atoms with van der Waals surface area (Å²) < 4.78 is 40.4. The number of aliphatic hydroxyl groups is 1.